The predicted octanol–water partition coefficient (Wildman–Crippen LogP) is 18.3. The Morgan fingerprint density at radius 2 is 0.403 bits per heavy atom. The molecule has 0 aromatic carbocycles. The van der Waals surface area contributed by atoms with E-state index in [2.05, 4.69) is 48.1 Å². The highest BCUT2D eigenvalue weighted by Crippen LogP contribution is 2.16. The van der Waals surface area contributed by atoms with Crippen LogP contribution in [-0.4, -0.2) is 61.1 Å². The summed E-state index contributed by atoms with van der Waals surface area (Å²) in [6.45, 7) is 14.3. The van der Waals surface area contributed by atoms with E-state index in [0.717, 1.165) is 90.6 Å². The van der Waals surface area contributed by atoms with Crippen molar-refractivity contribution in [3.05, 3.63) is 0 Å². The molecule has 0 radical (unpaired) electrons. The van der Waals surface area contributed by atoms with Crippen molar-refractivity contribution < 1.29 is 9.59 Å². The van der Waals surface area contributed by atoms with Crippen LogP contribution >= 0.6 is 0 Å². The fourth-order valence-electron chi connectivity index (χ4n) is 9.01. The largest absolute Gasteiger partial charge is 0.338 e. The van der Waals surface area contributed by atoms with Gasteiger partial charge in [0, 0.05) is 39.3 Å². The van der Waals surface area contributed by atoms with E-state index >= 15 is 0 Å². The molecule has 0 saturated carbocycles. The molecule has 0 fully saturated rings. The van der Waals surface area contributed by atoms with Crippen molar-refractivity contribution in [3.8, 4) is 0 Å². The molecule has 62 heavy (non-hydrogen) atoms. The maximum atomic E-state index is 13.3. The summed E-state index contributed by atoms with van der Waals surface area (Å²) >= 11 is 0. The van der Waals surface area contributed by atoms with Crippen LogP contribution in [-0.2, 0) is 0 Å². The monoisotopic (exact) mass is 875 g/mol. The number of nitrogens with one attached hydrogen (secondary N) is 2. The summed E-state index contributed by atoms with van der Waals surface area (Å²) in [5.41, 5.74) is 0. The molecule has 0 aromatic rings. The van der Waals surface area contributed by atoms with Gasteiger partial charge in [0.1, 0.15) is 0 Å². The fraction of sp³-hybridized carbons (Fsp3) is 0.964. The van der Waals surface area contributed by atoms with Gasteiger partial charge >= 0.3 is 12.1 Å². The van der Waals surface area contributed by atoms with Gasteiger partial charge in [-0.25, -0.2) is 9.59 Å². The van der Waals surface area contributed by atoms with Gasteiger partial charge in [0.05, 0.1) is 0 Å². The van der Waals surface area contributed by atoms with Crippen molar-refractivity contribution in [1.82, 2.24) is 20.4 Å². The molecule has 0 aliphatic rings. The lowest BCUT2D eigenvalue weighted by atomic mass is 10.1. The lowest BCUT2D eigenvalue weighted by Gasteiger charge is -2.23. The maximum Gasteiger partial charge on any atom is 0.317 e. The third kappa shape index (κ3) is 45.1. The number of hydrogen-bond acceptors (Lipinski definition) is 2. The Balaban J connectivity index is 4.53. The standard InChI is InChI=1S/C56H114N4O2/c1-5-9-13-17-21-25-29-33-39-45-51-59(52-46-40-34-30-26-22-18-14-10-6-2)55(61)57-49-43-37-38-44-50-58-56(62)60(53-47-41-35-31-27-23-19-15-11-7-3)54-48-42-36-32-28-24-20-16-12-8-4/h5-54H2,1-4H3,(H,57,61)(H,58,62). The normalized spacial score (nSPS) is 11.4. The number of nitrogens with zero attached hydrogens (tertiary/aromatic N) is 2. The van der Waals surface area contributed by atoms with Gasteiger partial charge in [-0.1, -0.05) is 272 Å². The molecule has 0 spiro atoms. The van der Waals surface area contributed by atoms with Crippen molar-refractivity contribution in [2.75, 3.05) is 39.3 Å². The summed E-state index contributed by atoms with van der Waals surface area (Å²) in [5.74, 6) is 0. The number of carbonyl (C=O) groups is 2. The van der Waals surface area contributed by atoms with Gasteiger partial charge in [-0.2, -0.15) is 0 Å². The summed E-state index contributed by atoms with van der Waals surface area (Å²) in [5, 5.41) is 6.56. The third-order valence-corrected chi connectivity index (χ3v) is 13.4. The highest BCUT2D eigenvalue weighted by molar-refractivity contribution is 5.74. The summed E-state index contributed by atoms with van der Waals surface area (Å²) < 4.78 is 0. The molecule has 0 aromatic heterocycles. The first-order chi connectivity index (χ1) is 30.6. The first kappa shape index (κ1) is 60.5. The predicted molar refractivity (Wildman–Crippen MR) is 276 cm³/mol. The van der Waals surface area contributed by atoms with Crippen LogP contribution < -0.4 is 10.6 Å². The van der Waals surface area contributed by atoms with Crippen molar-refractivity contribution in [2.45, 2.75) is 310 Å². The van der Waals surface area contributed by atoms with Crippen LogP contribution in [0.2, 0.25) is 0 Å². The zero-order valence-corrected chi connectivity index (χ0v) is 43.1. The lowest BCUT2D eigenvalue weighted by Crippen LogP contribution is -2.41. The average molecular weight is 876 g/mol. The summed E-state index contributed by atoms with van der Waals surface area (Å²) in [6.07, 6.45) is 57.3. The van der Waals surface area contributed by atoms with Crippen LogP contribution in [0.25, 0.3) is 0 Å². The van der Waals surface area contributed by atoms with E-state index in [1.165, 1.54) is 231 Å². The Bertz CT molecular complexity index is 766. The number of hydrogen-bond donors (Lipinski definition) is 2. The van der Waals surface area contributed by atoms with Crippen LogP contribution in [0, 0.1) is 0 Å². The molecule has 2 N–H and O–H groups in total. The second kappa shape index (κ2) is 52.2. The number of unbranched alkanes of at least 4 members (excludes halogenated alkanes) is 39. The Morgan fingerprint density at radius 3 is 0.597 bits per heavy atom. The molecule has 0 aliphatic heterocycles. The van der Waals surface area contributed by atoms with Crippen LogP contribution in [0.15, 0.2) is 0 Å². The van der Waals surface area contributed by atoms with E-state index < -0.39 is 0 Å². The zero-order chi connectivity index (χ0) is 45.1. The SMILES string of the molecule is CCCCCCCCCCCCN(CCCCCCCCCCCC)C(=O)NCCCCCCNC(=O)N(CCCCCCCCCCCC)CCCCCCCCCCCC. The summed E-state index contributed by atoms with van der Waals surface area (Å²) in [6, 6.07) is 0.294. The highest BCUT2D eigenvalue weighted by atomic mass is 16.2. The van der Waals surface area contributed by atoms with Crippen molar-refractivity contribution in [3.63, 3.8) is 0 Å². The number of carbonyl (C=O) groups excluding carboxylic acids is 2. The average Bonchev–Trinajstić information content (AvgIpc) is 3.28. The molecule has 0 unspecified atom stereocenters. The van der Waals surface area contributed by atoms with Crippen molar-refractivity contribution in [1.29, 1.82) is 0 Å². The van der Waals surface area contributed by atoms with E-state index in [0.29, 0.717) is 0 Å². The minimum absolute atomic E-state index is 0.147. The first-order valence-electron chi connectivity index (χ1n) is 28.7. The van der Waals surface area contributed by atoms with Gasteiger partial charge in [-0.3, -0.25) is 0 Å². The van der Waals surface area contributed by atoms with E-state index in [9.17, 15) is 9.59 Å². The zero-order valence-electron chi connectivity index (χ0n) is 43.1. The Hall–Kier alpha value is -1.46. The van der Waals surface area contributed by atoms with Crippen LogP contribution in [0.1, 0.15) is 310 Å². The number of amides is 4. The van der Waals surface area contributed by atoms with Gasteiger partial charge < -0.3 is 20.4 Å². The maximum absolute atomic E-state index is 13.3. The van der Waals surface area contributed by atoms with Crippen LogP contribution in [0.5, 0.6) is 0 Å². The fourth-order valence-corrected chi connectivity index (χ4v) is 9.01. The molecule has 0 aliphatic carbocycles. The van der Waals surface area contributed by atoms with E-state index in [4.69, 9.17) is 0 Å². The topological polar surface area (TPSA) is 64.7 Å². The van der Waals surface area contributed by atoms with Crippen molar-refractivity contribution >= 4 is 12.1 Å². The third-order valence-electron chi connectivity index (χ3n) is 13.4. The second-order valence-corrected chi connectivity index (χ2v) is 19.6. The van der Waals surface area contributed by atoms with Crippen LogP contribution in [0.4, 0.5) is 9.59 Å². The molecule has 4 amide bonds. The molecule has 0 heterocycles. The van der Waals surface area contributed by atoms with Crippen LogP contribution in [0.3, 0.4) is 0 Å². The molecule has 0 rings (SSSR count). The molecule has 6 heteroatoms. The van der Waals surface area contributed by atoms with Gasteiger partial charge in [0.2, 0.25) is 0 Å². The van der Waals surface area contributed by atoms with Gasteiger partial charge in [-0.05, 0) is 38.5 Å². The molecule has 0 saturated heterocycles. The molecular weight excluding hydrogens is 761 g/mol. The Morgan fingerprint density at radius 1 is 0.242 bits per heavy atom. The Kier molecular flexibility index (Phi) is 50.9. The summed E-state index contributed by atoms with van der Waals surface area (Å²) in [4.78, 5) is 30.9. The molecular formula is C56H114N4O2. The van der Waals surface area contributed by atoms with E-state index in [-0.39, 0.29) is 12.1 Å². The molecule has 370 valence electrons. The number of urea groups is 2. The molecule has 0 bridgehead atoms. The second-order valence-electron chi connectivity index (χ2n) is 19.6. The molecule has 0 atom stereocenters. The van der Waals surface area contributed by atoms with Crippen molar-refractivity contribution in [2.24, 2.45) is 0 Å². The summed E-state index contributed by atoms with van der Waals surface area (Å²) in [7, 11) is 0. The lowest BCUT2D eigenvalue weighted by molar-refractivity contribution is 0.193. The quantitative estimate of drug-likeness (QED) is 0.0598. The van der Waals surface area contributed by atoms with Gasteiger partial charge in [0.15, 0.2) is 0 Å². The smallest absolute Gasteiger partial charge is 0.317 e. The number of rotatable bonds is 51. The van der Waals surface area contributed by atoms with E-state index in [1.54, 1.807) is 0 Å². The highest BCUT2D eigenvalue weighted by Gasteiger charge is 2.14. The molecule has 6 nitrogen and oxygen atoms in total. The Labute approximate surface area is 390 Å². The minimum Gasteiger partial charge on any atom is -0.338 e. The van der Waals surface area contributed by atoms with Gasteiger partial charge in [0.25, 0.3) is 0 Å². The minimum atomic E-state index is 0.147. The first-order valence-corrected chi connectivity index (χ1v) is 28.7. The van der Waals surface area contributed by atoms with Gasteiger partial charge in [-0.15, -0.1) is 0 Å². The van der Waals surface area contributed by atoms with E-state index in [1.807, 2.05) is 0 Å².